The first-order valence-electron chi connectivity index (χ1n) is 4.37. The molecule has 0 aliphatic heterocycles. The van der Waals surface area contributed by atoms with E-state index in [1.807, 2.05) is 12.1 Å². The van der Waals surface area contributed by atoms with Crippen molar-refractivity contribution >= 4 is 0 Å². The SMILES string of the molecule is C#CCCOc1ccc(C)c(C)c1. The van der Waals surface area contributed by atoms with Gasteiger partial charge in [-0.1, -0.05) is 6.07 Å². The largest absolute Gasteiger partial charge is 0.493 e. The molecule has 0 aliphatic carbocycles. The number of hydrogen-bond acceptors (Lipinski definition) is 1. The summed E-state index contributed by atoms with van der Waals surface area (Å²) in [6, 6.07) is 6.06. The highest BCUT2D eigenvalue weighted by Crippen LogP contribution is 2.16. The summed E-state index contributed by atoms with van der Waals surface area (Å²) in [6.07, 6.45) is 5.78. The summed E-state index contributed by atoms with van der Waals surface area (Å²) in [5, 5.41) is 0. The number of benzene rings is 1. The van der Waals surface area contributed by atoms with Gasteiger partial charge in [-0.25, -0.2) is 0 Å². The molecular formula is C12H14O. The van der Waals surface area contributed by atoms with Crippen LogP contribution in [-0.4, -0.2) is 6.61 Å². The molecule has 0 unspecified atom stereocenters. The molecular weight excluding hydrogens is 160 g/mol. The van der Waals surface area contributed by atoms with E-state index >= 15 is 0 Å². The molecule has 0 fully saturated rings. The van der Waals surface area contributed by atoms with E-state index in [9.17, 15) is 0 Å². The average molecular weight is 174 g/mol. The van der Waals surface area contributed by atoms with Gasteiger partial charge in [0, 0.05) is 6.42 Å². The van der Waals surface area contributed by atoms with Crippen LogP contribution in [0.1, 0.15) is 17.5 Å². The minimum absolute atomic E-state index is 0.596. The van der Waals surface area contributed by atoms with Gasteiger partial charge in [-0.05, 0) is 37.1 Å². The fourth-order valence-corrected chi connectivity index (χ4v) is 1.03. The normalized spacial score (nSPS) is 9.31. The summed E-state index contributed by atoms with van der Waals surface area (Å²) in [5.74, 6) is 3.44. The topological polar surface area (TPSA) is 9.23 Å². The van der Waals surface area contributed by atoms with Gasteiger partial charge in [0.15, 0.2) is 0 Å². The van der Waals surface area contributed by atoms with E-state index < -0.39 is 0 Å². The summed E-state index contributed by atoms with van der Waals surface area (Å²) in [7, 11) is 0. The lowest BCUT2D eigenvalue weighted by molar-refractivity contribution is 0.327. The quantitative estimate of drug-likeness (QED) is 0.505. The Balaban J connectivity index is 2.59. The van der Waals surface area contributed by atoms with Crippen LogP contribution in [0.3, 0.4) is 0 Å². The van der Waals surface area contributed by atoms with E-state index in [2.05, 4.69) is 25.8 Å². The third-order valence-corrected chi connectivity index (χ3v) is 1.99. The Morgan fingerprint density at radius 3 is 2.69 bits per heavy atom. The maximum Gasteiger partial charge on any atom is 0.119 e. The Kier molecular flexibility index (Phi) is 3.40. The van der Waals surface area contributed by atoms with Crippen molar-refractivity contribution in [2.24, 2.45) is 0 Å². The summed E-state index contributed by atoms with van der Waals surface area (Å²) in [4.78, 5) is 0. The first-order chi connectivity index (χ1) is 6.24. The summed E-state index contributed by atoms with van der Waals surface area (Å²) < 4.78 is 5.44. The van der Waals surface area contributed by atoms with Crippen molar-refractivity contribution in [2.45, 2.75) is 20.3 Å². The van der Waals surface area contributed by atoms with Crippen molar-refractivity contribution in [3.05, 3.63) is 29.3 Å². The number of ether oxygens (including phenoxy) is 1. The maximum atomic E-state index is 5.44. The first kappa shape index (κ1) is 9.67. The maximum absolute atomic E-state index is 5.44. The van der Waals surface area contributed by atoms with E-state index in [0.29, 0.717) is 13.0 Å². The lowest BCUT2D eigenvalue weighted by Gasteiger charge is -2.06. The highest BCUT2D eigenvalue weighted by molar-refractivity contribution is 5.33. The Morgan fingerprint density at radius 1 is 1.31 bits per heavy atom. The van der Waals surface area contributed by atoms with Crippen LogP contribution in [-0.2, 0) is 0 Å². The van der Waals surface area contributed by atoms with Crippen LogP contribution < -0.4 is 4.74 Å². The van der Waals surface area contributed by atoms with Gasteiger partial charge in [0.25, 0.3) is 0 Å². The second-order valence-corrected chi connectivity index (χ2v) is 3.05. The summed E-state index contributed by atoms with van der Waals surface area (Å²) >= 11 is 0. The third kappa shape index (κ3) is 2.83. The fourth-order valence-electron chi connectivity index (χ4n) is 1.03. The second kappa shape index (κ2) is 4.57. The summed E-state index contributed by atoms with van der Waals surface area (Å²) in [6.45, 7) is 4.75. The molecule has 1 rings (SSSR count). The van der Waals surface area contributed by atoms with Gasteiger partial charge in [-0.15, -0.1) is 12.3 Å². The van der Waals surface area contributed by atoms with E-state index in [1.165, 1.54) is 11.1 Å². The number of hydrogen-bond donors (Lipinski definition) is 0. The van der Waals surface area contributed by atoms with Gasteiger partial charge in [0.1, 0.15) is 5.75 Å². The lowest BCUT2D eigenvalue weighted by Crippen LogP contribution is -1.96. The molecule has 0 aromatic heterocycles. The lowest BCUT2D eigenvalue weighted by atomic mass is 10.1. The molecule has 0 aliphatic rings. The summed E-state index contributed by atoms with van der Waals surface area (Å²) in [5.41, 5.74) is 2.53. The minimum atomic E-state index is 0.596. The highest BCUT2D eigenvalue weighted by Gasteiger charge is 1.95. The van der Waals surface area contributed by atoms with Crippen LogP contribution in [0.5, 0.6) is 5.75 Å². The highest BCUT2D eigenvalue weighted by atomic mass is 16.5. The molecule has 0 heterocycles. The molecule has 68 valence electrons. The van der Waals surface area contributed by atoms with E-state index in [4.69, 9.17) is 11.2 Å². The molecule has 13 heavy (non-hydrogen) atoms. The molecule has 0 saturated heterocycles. The average Bonchev–Trinajstić information content (AvgIpc) is 2.12. The Morgan fingerprint density at radius 2 is 2.08 bits per heavy atom. The van der Waals surface area contributed by atoms with Crippen molar-refractivity contribution in [1.29, 1.82) is 0 Å². The number of rotatable bonds is 3. The van der Waals surface area contributed by atoms with Gasteiger partial charge >= 0.3 is 0 Å². The van der Waals surface area contributed by atoms with Gasteiger partial charge in [-0.2, -0.15) is 0 Å². The van der Waals surface area contributed by atoms with E-state index in [1.54, 1.807) is 0 Å². The van der Waals surface area contributed by atoms with Gasteiger partial charge < -0.3 is 4.74 Å². The first-order valence-corrected chi connectivity index (χ1v) is 4.37. The zero-order chi connectivity index (χ0) is 9.68. The monoisotopic (exact) mass is 174 g/mol. The van der Waals surface area contributed by atoms with Crippen LogP contribution in [0.4, 0.5) is 0 Å². The second-order valence-electron chi connectivity index (χ2n) is 3.05. The standard InChI is InChI=1S/C12H14O/c1-4-5-8-13-12-7-6-10(2)11(3)9-12/h1,6-7,9H,5,8H2,2-3H3. The molecule has 0 atom stereocenters. The molecule has 1 aromatic carbocycles. The van der Waals surface area contributed by atoms with Crippen molar-refractivity contribution < 1.29 is 4.74 Å². The predicted octanol–water partition coefficient (Wildman–Crippen LogP) is 2.71. The Hall–Kier alpha value is -1.42. The van der Waals surface area contributed by atoms with Crippen LogP contribution in [0, 0.1) is 26.2 Å². The zero-order valence-electron chi connectivity index (χ0n) is 8.13. The van der Waals surface area contributed by atoms with Crippen LogP contribution in [0.15, 0.2) is 18.2 Å². The van der Waals surface area contributed by atoms with Crippen LogP contribution in [0.25, 0.3) is 0 Å². The molecule has 1 heteroatoms. The van der Waals surface area contributed by atoms with Crippen LogP contribution >= 0.6 is 0 Å². The van der Waals surface area contributed by atoms with Crippen LogP contribution in [0.2, 0.25) is 0 Å². The number of aryl methyl sites for hydroxylation is 2. The van der Waals surface area contributed by atoms with Gasteiger partial charge in [-0.3, -0.25) is 0 Å². The zero-order valence-corrected chi connectivity index (χ0v) is 8.13. The van der Waals surface area contributed by atoms with Crippen molar-refractivity contribution in [3.63, 3.8) is 0 Å². The molecule has 0 spiro atoms. The molecule has 0 amide bonds. The van der Waals surface area contributed by atoms with Crippen molar-refractivity contribution in [3.8, 4) is 18.1 Å². The molecule has 0 saturated carbocycles. The fraction of sp³-hybridized carbons (Fsp3) is 0.333. The van der Waals surface area contributed by atoms with E-state index in [0.717, 1.165) is 5.75 Å². The Labute approximate surface area is 79.7 Å². The van der Waals surface area contributed by atoms with E-state index in [-0.39, 0.29) is 0 Å². The number of terminal acetylenes is 1. The van der Waals surface area contributed by atoms with Crippen molar-refractivity contribution in [2.75, 3.05) is 6.61 Å². The molecule has 1 aromatic rings. The van der Waals surface area contributed by atoms with Gasteiger partial charge in [0.05, 0.1) is 6.61 Å². The van der Waals surface area contributed by atoms with Crippen molar-refractivity contribution in [1.82, 2.24) is 0 Å². The Bertz CT molecular complexity index is 320. The third-order valence-electron chi connectivity index (χ3n) is 1.99. The minimum Gasteiger partial charge on any atom is -0.493 e. The predicted molar refractivity (Wildman–Crippen MR) is 54.9 cm³/mol. The smallest absolute Gasteiger partial charge is 0.119 e. The molecule has 0 radical (unpaired) electrons. The molecule has 0 N–H and O–H groups in total. The molecule has 1 nitrogen and oxygen atoms in total. The molecule has 0 bridgehead atoms. The van der Waals surface area contributed by atoms with Gasteiger partial charge in [0.2, 0.25) is 0 Å².